The molecule has 0 aliphatic carbocycles. The van der Waals surface area contributed by atoms with E-state index in [1.54, 1.807) is 25.6 Å². The highest BCUT2D eigenvalue weighted by atomic mass is 16.5. The predicted molar refractivity (Wildman–Crippen MR) is 81.6 cm³/mol. The zero-order valence-electron chi connectivity index (χ0n) is 12.3. The van der Waals surface area contributed by atoms with Gasteiger partial charge in [-0.25, -0.2) is 9.97 Å². The molecule has 108 valence electrons. The van der Waals surface area contributed by atoms with Crippen LogP contribution < -0.4 is 10.1 Å². The molecule has 0 fully saturated rings. The predicted octanol–water partition coefficient (Wildman–Crippen LogP) is 3.71. The summed E-state index contributed by atoms with van der Waals surface area (Å²) in [4.78, 5) is 8.34. The Morgan fingerprint density at radius 3 is 2.71 bits per heavy atom. The first-order chi connectivity index (χ1) is 10.2. The maximum absolute atomic E-state index is 5.96. The molecule has 2 aromatic heterocycles. The number of hydrogen-bond donors (Lipinski definition) is 1. The molecule has 1 unspecified atom stereocenters. The standard InChI is InChI=1S/C16H17N3O2/c1-10-13-9-12(20-3)5-6-14(13)21-15(10)11(2)19-16-17-7-4-8-18-16/h4-9,11H,1-3H3,(H,17,18,19). The van der Waals surface area contributed by atoms with Gasteiger partial charge in [-0.15, -0.1) is 0 Å². The van der Waals surface area contributed by atoms with Crippen molar-refractivity contribution in [3.8, 4) is 5.75 Å². The number of hydrogen-bond acceptors (Lipinski definition) is 5. The zero-order valence-corrected chi connectivity index (χ0v) is 12.3. The van der Waals surface area contributed by atoms with E-state index in [-0.39, 0.29) is 6.04 Å². The van der Waals surface area contributed by atoms with Gasteiger partial charge in [0.1, 0.15) is 17.1 Å². The average Bonchev–Trinajstić information content (AvgIpc) is 2.85. The summed E-state index contributed by atoms with van der Waals surface area (Å²) in [6, 6.07) is 7.58. The number of methoxy groups -OCH3 is 1. The lowest BCUT2D eigenvalue weighted by molar-refractivity contribution is 0.415. The van der Waals surface area contributed by atoms with Crippen LogP contribution in [0.25, 0.3) is 11.0 Å². The zero-order chi connectivity index (χ0) is 14.8. The first kappa shape index (κ1) is 13.4. The molecule has 5 heteroatoms. The number of nitrogens with zero attached hydrogens (tertiary/aromatic N) is 2. The number of furan rings is 1. The number of benzene rings is 1. The Morgan fingerprint density at radius 1 is 1.24 bits per heavy atom. The smallest absolute Gasteiger partial charge is 0.223 e. The summed E-state index contributed by atoms with van der Waals surface area (Å²) < 4.78 is 11.2. The van der Waals surface area contributed by atoms with Gasteiger partial charge in [-0.05, 0) is 38.1 Å². The van der Waals surface area contributed by atoms with Gasteiger partial charge < -0.3 is 14.5 Å². The summed E-state index contributed by atoms with van der Waals surface area (Å²) in [5.41, 5.74) is 1.95. The van der Waals surface area contributed by atoms with Crippen LogP contribution in [0, 0.1) is 6.92 Å². The van der Waals surface area contributed by atoms with Crippen LogP contribution in [0.2, 0.25) is 0 Å². The van der Waals surface area contributed by atoms with E-state index in [9.17, 15) is 0 Å². The normalized spacial score (nSPS) is 12.3. The molecule has 21 heavy (non-hydrogen) atoms. The molecule has 0 saturated heterocycles. The van der Waals surface area contributed by atoms with Gasteiger partial charge in [0.05, 0.1) is 13.2 Å². The first-order valence-corrected chi connectivity index (χ1v) is 6.79. The molecule has 0 bridgehead atoms. The summed E-state index contributed by atoms with van der Waals surface area (Å²) >= 11 is 0. The van der Waals surface area contributed by atoms with Gasteiger partial charge in [0.25, 0.3) is 0 Å². The summed E-state index contributed by atoms with van der Waals surface area (Å²) in [6.07, 6.45) is 3.41. The van der Waals surface area contributed by atoms with Gasteiger partial charge in [-0.3, -0.25) is 0 Å². The Balaban J connectivity index is 1.94. The van der Waals surface area contributed by atoms with Crippen LogP contribution in [0.3, 0.4) is 0 Å². The molecule has 0 spiro atoms. The van der Waals surface area contributed by atoms with Crippen LogP contribution in [-0.2, 0) is 0 Å². The number of nitrogens with one attached hydrogen (secondary N) is 1. The molecule has 1 aromatic carbocycles. The minimum Gasteiger partial charge on any atom is -0.497 e. The molecule has 0 amide bonds. The van der Waals surface area contributed by atoms with Gasteiger partial charge in [-0.1, -0.05) is 0 Å². The molecule has 3 rings (SSSR count). The van der Waals surface area contributed by atoms with E-state index in [0.29, 0.717) is 5.95 Å². The van der Waals surface area contributed by atoms with E-state index >= 15 is 0 Å². The quantitative estimate of drug-likeness (QED) is 0.791. The lowest BCUT2D eigenvalue weighted by Crippen LogP contribution is -2.09. The maximum Gasteiger partial charge on any atom is 0.223 e. The highest BCUT2D eigenvalue weighted by Crippen LogP contribution is 2.32. The van der Waals surface area contributed by atoms with E-state index in [1.165, 1.54) is 0 Å². The Labute approximate surface area is 123 Å². The summed E-state index contributed by atoms with van der Waals surface area (Å²) in [6.45, 7) is 4.07. The van der Waals surface area contributed by atoms with Crippen molar-refractivity contribution in [2.75, 3.05) is 12.4 Å². The third-order valence-corrected chi connectivity index (χ3v) is 3.48. The van der Waals surface area contributed by atoms with Crippen LogP contribution in [-0.4, -0.2) is 17.1 Å². The Kier molecular flexibility index (Phi) is 3.48. The van der Waals surface area contributed by atoms with E-state index < -0.39 is 0 Å². The van der Waals surface area contributed by atoms with Crippen LogP contribution in [0.1, 0.15) is 24.3 Å². The minimum absolute atomic E-state index is 0.0224. The second-order valence-electron chi connectivity index (χ2n) is 4.89. The first-order valence-electron chi connectivity index (χ1n) is 6.79. The van der Waals surface area contributed by atoms with Crippen molar-refractivity contribution in [2.45, 2.75) is 19.9 Å². The maximum atomic E-state index is 5.96. The molecule has 1 atom stereocenters. The van der Waals surface area contributed by atoms with Crippen molar-refractivity contribution in [3.63, 3.8) is 0 Å². The van der Waals surface area contributed by atoms with E-state index in [0.717, 1.165) is 28.0 Å². The SMILES string of the molecule is COc1ccc2oc(C(C)Nc3ncccn3)c(C)c2c1. The van der Waals surface area contributed by atoms with Crippen molar-refractivity contribution in [1.82, 2.24) is 9.97 Å². The number of anilines is 1. The van der Waals surface area contributed by atoms with Crippen LogP contribution >= 0.6 is 0 Å². The van der Waals surface area contributed by atoms with E-state index in [1.807, 2.05) is 32.0 Å². The van der Waals surface area contributed by atoms with Crippen molar-refractivity contribution in [1.29, 1.82) is 0 Å². The second-order valence-corrected chi connectivity index (χ2v) is 4.89. The fraction of sp³-hybridized carbons (Fsp3) is 0.250. The van der Waals surface area contributed by atoms with Crippen molar-refractivity contribution in [2.24, 2.45) is 0 Å². The molecular formula is C16H17N3O2. The molecule has 2 heterocycles. The monoisotopic (exact) mass is 283 g/mol. The van der Waals surface area contributed by atoms with Gasteiger partial charge in [-0.2, -0.15) is 0 Å². The van der Waals surface area contributed by atoms with Crippen molar-refractivity contribution in [3.05, 3.63) is 48.0 Å². The van der Waals surface area contributed by atoms with Crippen LogP contribution in [0.5, 0.6) is 5.75 Å². The van der Waals surface area contributed by atoms with Gasteiger partial charge in [0.2, 0.25) is 5.95 Å². The third-order valence-electron chi connectivity index (χ3n) is 3.48. The lowest BCUT2D eigenvalue weighted by atomic mass is 10.1. The molecule has 0 saturated carbocycles. The Bertz CT molecular complexity index is 753. The Hall–Kier alpha value is -2.56. The van der Waals surface area contributed by atoms with Crippen LogP contribution in [0.4, 0.5) is 5.95 Å². The van der Waals surface area contributed by atoms with E-state index in [2.05, 4.69) is 15.3 Å². The van der Waals surface area contributed by atoms with Crippen LogP contribution in [0.15, 0.2) is 41.1 Å². The van der Waals surface area contributed by atoms with Crippen molar-refractivity contribution < 1.29 is 9.15 Å². The fourth-order valence-corrected chi connectivity index (χ4v) is 2.39. The summed E-state index contributed by atoms with van der Waals surface area (Å²) in [7, 11) is 1.66. The molecular weight excluding hydrogens is 266 g/mol. The van der Waals surface area contributed by atoms with E-state index in [4.69, 9.17) is 9.15 Å². The second kappa shape index (κ2) is 5.44. The molecule has 3 aromatic rings. The van der Waals surface area contributed by atoms with Gasteiger partial charge >= 0.3 is 0 Å². The molecule has 0 aliphatic rings. The van der Waals surface area contributed by atoms with Gasteiger partial charge in [0, 0.05) is 23.3 Å². The minimum atomic E-state index is -0.0224. The topological polar surface area (TPSA) is 60.2 Å². The highest BCUT2D eigenvalue weighted by molar-refractivity contribution is 5.83. The molecule has 5 nitrogen and oxygen atoms in total. The molecule has 0 radical (unpaired) electrons. The third kappa shape index (κ3) is 2.54. The van der Waals surface area contributed by atoms with Gasteiger partial charge in [0.15, 0.2) is 0 Å². The molecule has 0 aliphatic heterocycles. The number of fused-ring (bicyclic) bond motifs is 1. The fourth-order valence-electron chi connectivity index (χ4n) is 2.39. The Morgan fingerprint density at radius 2 is 2.00 bits per heavy atom. The lowest BCUT2D eigenvalue weighted by Gasteiger charge is -2.11. The number of rotatable bonds is 4. The largest absolute Gasteiger partial charge is 0.497 e. The summed E-state index contributed by atoms with van der Waals surface area (Å²) in [5.74, 6) is 2.29. The molecule has 1 N–H and O–H groups in total. The number of ether oxygens (including phenoxy) is 1. The number of aromatic nitrogens is 2. The number of aryl methyl sites for hydroxylation is 1. The average molecular weight is 283 g/mol. The van der Waals surface area contributed by atoms with Crippen molar-refractivity contribution >= 4 is 16.9 Å². The summed E-state index contributed by atoms with van der Waals surface area (Å²) in [5, 5.41) is 4.30. The highest BCUT2D eigenvalue weighted by Gasteiger charge is 2.17.